The lowest BCUT2D eigenvalue weighted by molar-refractivity contribution is 0.0295. The van der Waals surface area contributed by atoms with E-state index in [1.807, 2.05) is 6.92 Å². The van der Waals surface area contributed by atoms with Gasteiger partial charge in [-0.05, 0) is 32.8 Å². The third kappa shape index (κ3) is 3.04. The molecule has 0 aromatic heterocycles. The molecule has 1 aliphatic rings. The number of carbonyl (C=O) groups is 1. The lowest BCUT2D eigenvalue weighted by Gasteiger charge is -2.26. The molecule has 4 nitrogen and oxygen atoms in total. The van der Waals surface area contributed by atoms with Crippen LogP contribution in [0, 0.1) is 0 Å². The van der Waals surface area contributed by atoms with Gasteiger partial charge in [0, 0.05) is 18.1 Å². The van der Waals surface area contributed by atoms with Crippen LogP contribution in [0.15, 0.2) is 17.7 Å². The third-order valence-electron chi connectivity index (χ3n) is 3.63. The first-order valence-corrected chi connectivity index (χ1v) is 7.09. The summed E-state index contributed by atoms with van der Waals surface area (Å²) in [6.07, 6.45) is 3.42. The summed E-state index contributed by atoms with van der Waals surface area (Å²) in [5.74, 6) is 0.950. The van der Waals surface area contributed by atoms with Crippen molar-refractivity contribution in [2.45, 2.75) is 39.7 Å². The number of hydrogen-bond donors (Lipinski definition) is 0. The fraction of sp³-hybridized carbons (Fsp3) is 0.471. The molecule has 1 aromatic carbocycles. The minimum absolute atomic E-state index is 0.132. The number of esters is 1. The van der Waals surface area contributed by atoms with Gasteiger partial charge in [0.05, 0.1) is 14.2 Å². The lowest BCUT2D eigenvalue weighted by atomic mass is 9.90. The van der Waals surface area contributed by atoms with Crippen LogP contribution in [0.1, 0.15) is 42.3 Å². The first-order chi connectivity index (χ1) is 9.97. The Balaban J connectivity index is 2.65. The van der Waals surface area contributed by atoms with Gasteiger partial charge < -0.3 is 14.2 Å². The molecule has 1 heterocycles. The number of ether oxygens (including phenoxy) is 3. The van der Waals surface area contributed by atoms with Crippen LogP contribution >= 0.6 is 0 Å². The van der Waals surface area contributed by atoms with Crippen molar-refractivity contribution < 1.29 is 19.0 Å². The molecule has 21 heavy (non-hydrogen) atoms. The molecule has 0 amide bonds. The standard InChI is InChI=1S/C17H22O4/c1-10(2)6-7-12-13-8-11(3)21-17(18)16(13)15(20-5)9-14(12)19-4/h6,9,11H,7-8H2,1-5H3. The molecule has 0 saturated carbocycles. The summed E-state index contributed by atoms with van der Waals surface area (Å²) >= 11 is 0. The van der Waals surface area contributed by atoms with Crippen LogP contribution in [0.4, 0.5) is 0 Å². The molecule has 0 N–H and O–H groups in total. The molecule has 0 bridgehead atoms. The van der Waals surface area contributed by atoms with Gasteiger partial charge in [0.1, 0.15) is 23.2 Å². The number of hydrogen-bond acceptors (Lipinski definition) is 4. The quantitative estimate of drug-likeness (QED) is 0.630. The van der Waals surface area contributed by atoms with Crippen molar-refractivity contribution in [2.75, 3.05) is 14.2 Å². The number of methoxy groups -OCH3 is 2. The third-order valence-corrected chi connectivity index (χ3v) is 3.63. The van der Waals surface area contributed by atoms with Crippen LogP contribution in [-0.4, -0.2) is 26.3 Å². The van der Waals surface area contributed by atoms with Crippen molar-refractivity contribution in [3.8, 4) is 11.5 Å². The highest BCUT2D eigenvalue weighted by molar-refractivity contribution is 5.96. The SMILES string of the molecule is COc1cc(OC)c2c(c1CC=C(C)C)CC(C)OC2=O. The van der Waals surface area contributed by atoms with Gasteiger partial charge in [-0.15, -0.1) is 0 Å². The number of cyclic esters (lactones) is 1. The van der Waals surface area contributed by atoms with Crippen molar-refractivity contribution in [1.82, 2.24) is 0 Å². The van der Waals surface area contributed by atoms with Crippen molar-refractivity contribution >= 4 is 5.97 Å². The molecule has 1 unspecified atom stereocenters. The van der Waals surface area contributed by atoms with Gasteiger partial charge in [-0.2, -0.15) is 0 Å². The Morgan fingerprint density at radius 1 is 1.33 bits per heavy atom. The normalized spacial score (nSPS) is 16.8. The van der Waals surface area contributed by atoms with E-state index in [9.17, 15) is 4.79 Å². The van der Waals surface area contributed by atoms with E-state index in [1.165, 1.54) is 5.57 Å². The second kappa shape index (κ2) is 6.20. The van der Waals surface area contributed by atoms with E-state index < -0.39 is 0 Å². The minimum atomic E-state index is -0.318. The molecule has 0 fully saturated rings. The summed E-state index contributed by atoms with van der Waals surface area (Å²) in [5, 5.41) is 0. The van der Waals surface area contributed by atoms with E-state index in [-0.39, 0.29) is 12.1 Å². The van der Waals surface area contributed by atoms with E-state index in [0.717, 1.165) is 23.3 Å². The Hall–Kier alpha value is -1.97. The van der Waals surface area contributed by atoms with E-state index >= 15 is 0 Å². The lowest BCUT2D eigenvalue weighted by Crippen LogP contribution is -2.27. The topological polar surface area (TPSA) is 44.8 Å². The molecular formula is C17H22O4. The maximum atomic E-state index is 12.2. The van der Waals surface area contributed by atoms with Crippen molar-refractivity contribution in [3.05, 3.63) is 34.4 Å². The van der Waals surface area contributed by atoms with Gasteiger partial charge in [0.15, 0.2) is 0 Å². The Kier molecular flexibility index (Phi) is 4.56. The summed E-state index contributed by atoms with van der Waals surface area (Å²) in [5.41, 5.74) is 3.78. The zero-order chi connectivity index (χ0) is 15.6. The number of rotatable bonds is 4. The largest absolute Gasteiger partial charge is 0.496 e. The number of benzene rings is 1. The molecule has 0 saturated heterocycles. The first-order valence-electron chi connectivity index (χ1n) is 7.09. The fourth-order valence-corrected chi connectivity index (χ4v) is 2.62. The molecule has 1 aliphatic heterocycles. The summed E-state index contributed by atoms with van der Waals surface area (Å²) in [7, 11) is 3.19. The maximum Gasteiger partial charge on any atom is 0.342 e. The second-order valence-electron chi connectivity index (χ2n) is 5.52. The van der Waals surface area contributed by atoms with Crippen LogP contribution in [-0.2, 0) is 17.6 Å². The van der Waals surface area contributed by atoms with Crippen LogP contribution in [0.25, 0.3) is 0 Å². The zero-order valence-corrected chi connectivity index (χ0v) is 13.3. The van der Waals surface area contributed by atoms with Gasteiger partial charge in [-0.1, -0.05) is 11.6 Å². The predicted molar refractivity (Wildman–Crippen MR) is 81.3 cm³/mol. The predicted octanol–water partition coefficient (Wildman–Crippen LogP) is 3.31. The van der Waals surface area contributed by atoms with Crippen molar-refractivity contribution in [3.63, 3.8) is 0 Å². The molecule has 1 aromatic rings. The highest BCUT2D eigenvalue weighted by Crippen LogP contribution is 2.38. The number of fused-ring (bicyclic) bond motifs is 1. The number of allylic oxidation sites excluding steroid dienone is 2. The first kappa shape index (κ1) is 15.4. The molecule has 2 rings (SSSR count). The summed E-state index contributed by atoms with van der Waals surface area (Å²) in [6, 6.07) is 1.77. The van der Waals surface area contributed by atoms with E-state index in [0.29, 0.717) is 17.7 Å². The Bertz CT molecular complexity index is 583. The molecular weight excluding hydrogens is 268 g/mol. The van der Waals surface area contributed by atoms with Crippen LogP contribution in [0.5, 0.6) is 11.5 Å². The molecule has 4 heteroatoms. The van der Waals surface area contributed by atoms with E-state index in [2.05, 4.69) is 19.9 Å². The van der Waals surface area contributed by atoms with Gasteiger partial charge >= 0.3 is 5.97 Å². The summed E-state index contributed by atoms with van der Waals surface area (Å²) < 4.78 is 16.2. The highest BCUT2D eigenvalue weighted by atomic mass is 16.5. The minimum Gasteiger partial charge on any atom is -0.496 e. The van der Waals surface area contributed by atoms with Crippen molar-refractivity contribution in [1.29, 1.82) is 0 Å². The van der Waals surface area contributed by atoms with Gasteiger partial charge in [-0.3, -0.25) is 0 Å². The highest BCUT2D eigenvalue weighted by Gasteiger charge is 2.31. The summed E-state index contributed by atoms with van der Waals surface area (Å²) in [6.45, 7) is 6.01. The number of carbonyl (C=O) groups excluding carboxylic acids is 1. The monoisotopic (exact) mass is 290 g/mol. The molecule has 114 valence electrons. The molecule has 1 atom stereocenters. The molecule has 0 aliphatic carbocycles. The smallest absolute Gasteiger partial charge is 0.342 e. The average molecular weight is 290 g/mol. The average Bonchev–Trinajstić information content (AvgIpc) is 2.43. The zero-order valence-electron chi connectivity index (χ0n) is 13.3. The van der Waals surface area contributed by atoms with Crippen LogP contribution in [0.2, 0.25) is 0 Å². The van der Waals surface area contributed by atoms with Crippen LogP contribution < -0.4 is 9.47 Å². The second-order valence-corrected chi connectivity index (χ2v) is 5.52. The Morgan fingerprint density at radius 3 is 2.57 bits per heavy atom. The molecule has 0 radical (unpaired) electrons. The molecule has 0 spiro atoms. The Labute approximate surface area is 125 Å². The van der Waals surface area contributed by atoms with E-state index in [4.69, 9.17) is 14.2 Å². The van der Waals surface area contributed by atoms with Gasteiger partial charge in [0.25, 0.3) is 0 Å². The van der Waals surface area contributed by atoms with Crippen LogP contribution in [0.3, 0.4) is 0 Å². The summed E-state index contributed by atoms with van der Waals surface area (Å²) in [4.78, 5) is 12.2. The van der Waals surface area contributed by atoms with Gasteiger partial charge in [0.2, 0.25) is 0 Å². The van der Waals surface area contributed by atoms with Crippen molar-refractivity contribution in [2.24, 2.45) is 0 Å². The fourth-order valence-electron chi connectivity index (χ4n) is 2.62. The Morgan fingerprint density at radius 2 is 2.00 bits per heavy atom. The van der Waals surface area contributed by atoms with Gasteiger partial charge in [-0.25, -0.2) is 4.79 Å². The van der Waals surface area contributed by atoms with E-state index in [1.54, 1.807) is 20.3 Å². The maximum absolute atomic E-state index is 12.2.